The molecule has 1 aliphatic heterocycles. The summed E-state index contributed by atoms with van der Waals surface area (Å²) in [6.45, 7) is 0. The van der Waals surface area contributed by atoms with Crippen LogP contribution in [0, 0.1) is 0 Å². The van der Waals surface area contributed by atoms with Gasteiger partial charge in [-0.05, 0) is 36.2 Å². The number of nitrogens with zero attached hydrogens (tertiary/aromatic N) is 5. The molecular formula is C19H25N9O3. The second-order valence-electron chi connectivity index (χ2n) is 7.48. The van der Waals surface area contributed by atoms with Gasteiger partial charge < -0.3 is 27.2 Å². The van der Waals surface area contributed by atoms with Crippen LogP contribution in [0.3, 0.4) is 0 Å². The van der Waals surface area contributed by atoms with Crippen molar-refractivity contribution in [2.24, 2.45) is 16.6 Å². The van der Waals surface area contributed by atoms with Gasteiger partial charge >= 0.3 is 0 Å². The Hall–Kier alpha value is -3.32. The van der Waals surface area contributed by atoms with Gasteiger partial charge in [0.2, 0.25) is 5.95 Å². The van der Waals surface area contributed by atoms with Crippen LogP contribution in [0.4, 0.5) is 23.1 Å². The Morgan fingerprint density at radius 2 is 2.06 bits per heavy atom. The molecule has 2 aliphatic rings. The molecule has 0 radical (unpaired) electrons. The third-order valence-corrected chi connectivity index (χ3v) is 5.27. The summed E-state index contributed by atoms with van der Waals surface area (Å²) in [6, 6.07) is 6.89. The molecule has 0 spiro atoms. The number of nitrogens with two attached hydrogens (primary N) is 2. The van der Waals surface area contributed by atoms with Gasteiger partial charge in [-0.25, -0.2) is 4.98 Å². The van der Waals surface area contributed by atoms with E-state index in [9.17, 15) is 15.1 Å². The predicted molar refractivity (Wildman–Crippen MR) is 115 cm³/mol. The first-order valence-corrected chi connectivity index (χ1v) is 9.99. The van der Waals surface area contributed by atoms with Gasteiger partial charge in [0.25, 0.3) is 5.91 Å². The van der Waals surface area contributed by atoms with Crippen LogP contribution < -0.4 is 27.2 Å². The molecule has 12 nitrogen and oxygen atoms in total. The predicted octanol–water partition coefficient (Wildman–Crippen LogP) is 0.731. The molecular weight excluding hydrogens is 402 g/mol. The summed E-state index contributed by atoms with van der Waals surface area (Å²) in [5.74, 6) is -0.0921. The Morgan fingerprint density at radius 3 is 2.77 bits per heavy atom. The number of hydrazone groups is 1. The summed E-state index contributed by atoms with van der Waals surface area (Å²) in [5, 5.41) is 31.4. The third kappa shape index (κ3) is 4.56. The lowest BCUT2D eigenvalue weighted by atomic mass is 9.91. The van der Waals surface area contributed by atoms with E-state index in [-0.39, 0.29) is 23.5 Å². The van der Waals surface area contributed by atoms with Crippen molar-refractivity contribution in [3.8, 4) is 0 Å². The molecule has 1 aromatic heterocycles. The monoisotopic (exact) mass is 427 g/mol. The maximum absolute atomic E-state index is 11.9. The van der Waals surface area contributed by atoms with Gasteiger partial charge in [-0.15, -0.1) is 0 Å². The largest absolute Gasteiger partial charge is 0.369 e. The van der Waals surface area contributed by atoms with Gasteiger partial charge in [0.05, 0.1) is 11.9 Å². The van der Waals surface area contributed by atoms with Crippen molar-refractivity contribution in [2.75, 3.05) is 15.8 Å². The van der Waals surface area contributed by atoms with Crippen molar-refractivity contribution in [1.82, 2.24) is 15.1 Å². The van der Waals surface area contributed by atoms with Crippen molar-refractivity contribution in [3.63, 3.8) is 0 Å². The number of anilines is 4. The maximum Gasteiger partial charge on any atom is 0.254 e. The Bertz CT molecular complexity index is 986. The minimum absolute atomic E-state index is 0.0130. The van der Waals surface area contributed by atoms with Crippen LogP contribution in [0.15, 0.2) is 35.6 Å². The molecule has 1 aromatic carbocycles. The number of hydrazine groups is 1. The Balaban J connectivity index is 1.57. The van der Waals surface area contributed by atoms with Crippen LogP contribution in [0.2, 0.25) is 0 Å². The quantitative estimate of drug-likeness (QED) is 0.385. The number of aliphatic hydroxyl groups is 1. The zero-order chi connectivity index (χ0) is 22.0. The number of benzene rings is 1. The highest BCUT2D eigenvalue weighted by atomic mass is 16.6. The van der Waals surface area contributed by atoms with Crippen LogP contribution in [0.25, 0.3) is 0 Å². The van der Waals surface area contributed by atoms with Gasteiger partial charge in [0.1, 0.15) is 11.4 Å². The molecule has 3 atom stereocenters. The van der Waals surface area contributed by atoms with Gasteiger partial charge in [-0.1, -0.05) is 18.9 Å². The molecule has 3 unspecified atom stereocenters. The van der Waals surface area contributed by atoms with E-state index in [1.165, 1.54) is 12.4 Å². The number of nitrogens with one attached hydrogen (secondary N) is 2. The van der Waals surface area contributed by atoms with Crippen molar-refractivity contribution in [3.05, 3.63) is 36.0 Å². The summed E-state index contributed by atoms with van der Waals surface area (Å²) < 4.78 is 0. The molecule has 8 N–H and O–H groups in total. The fourth-order valence-electron chi connectivity index (χ4n) is 3.61. The number of amides is 1. The van der Waals surface area contributed by atoms with Crippen LogP contribution in [0.5, 0.6) is 0 Å². The lowest BCUT2D eigenvalue weighted by molar-refractivity contribution is -0.166. The number of rotatable bonds is 6. The van der Waals surface area contributed by atoms with Gasteiger partial charge in [0, 0.05) is 24.0 Å². The average molecular weight is 427 g/mol. The number of hydrogen-bond donors (Lipinski definition) is 6. The number of hydrogen-bond acceptors (Lipinski definition) is 11. The highest BCUT2D eigenvalue weighted by Crippen LogP contribution is 2.27. The third-order valence-electron chi connectivity index (χ3n) is 5.27. The van der Waals surface area contributed by atoms with E-state index < -0.39 is 12.1 Å². The molecule has 0 saturated heterocycles. The van der Waals surface area contributed by atoms with E-state index in [0.29, 0.717) is 22.5 Å². The number of carbonyl (C=O) groups excluding carboxylic acids is 1. The summed E-state index contributed by atoms with van der Waals surface area (Å²) in [6.07, 6.45) is 5.36. The molecule has 12 heteroatoms. The fraction of sp³-hybridized carbons (Fsp3) is 0.368. The van der Waals surface area contributed by atoms with Gasteiger partial charge in [0.15, 0.2) is 6.23 Å². The first-order valence-electron chi connectivity index (χ1n) is 9.99. The molecule has 4 rings (SSSR count). The van der Waals surface area contributed by atoms with Gasteiger partial charge in [-0.3, -0.25) is 10.0 Å². The minimum Gasteiger partial charge on any atom is -0.369 e. The summed E-state index contributed by atoms with van der Waals surface area (Å²) in [7, 11) is 0. The second kappa shape index (κ2) is 8.81. The van der Waals surface area contributed by atoms with Crippen LogP contribution in [-0.4, -0.2) is 55.9 Å². The SMILES string of the molecule is NC(=O)c1cnc(NC2CCCCC2N)nc1Nc1cccc(N2N=CC(O)N2O)c1. The van der Waals surface area contributed by atoms with Crippen LogP contribution >= 0.6 is 0 Å². The zero-order valence-electron chi connectivity index (χ0n) is 16.7. The van der Waals surface area contributed by atoms with E-state index in [1.807, 2.05) is 0 Å². The number of carbonyl (C=O) groups is 1. The molecule has 164 valence electrons. The van der Waals surface area contributed by atoms with Crippen LogP contribution in [0.1, 0.15) is 36.0 Å². The average Bonchev–Trinajstić information content (AvgIpc) is 3.08. The van der Waals surface area contributed by atoms with Crippen molar-refractivity contribution in [1.29, 1.82) is 0 Å². The lowest BCUT2D eigenvalue weighted by Gasteiger charge is -2.29. The fourth-order valence-corrected chi connectivity index (χ4v) is 3.61. The Labute approximate surface area is 178 Å². The summed E-state index contributed by atoms with van der Waals surface area (Å²) in [4.78, 5) is 20.5. The van der Waals surface area contributed by atoms with E-state index >= 15 is 0 Å². The molecule has 31 heavy (non-hydrogen) atoms. The van der Waals surface area contributed by atoms with E-state index in [2.05, 4.69) is 25.7 Å². The standard InChI is InChI=1S/C19H25N9O3/c20-14-6-1-2-7-15(14)25-19-22-9-13(17(21)30)18(26-19)24-11-4-3-5-12(8-11)27-23-10-16(29)28(27)31/h3-5,8-10,14-16,29,31H,1-2,6-7,20H2,(H2,21,30)(H2,22,24,25,26). The highest BCUT2D eigenvalue weighted by molar-refractivity contribution is 5.98. The first-order chi connectivity index (χ1) is 14.9. The van der Waals surface area contributed by atoms with Gasteiger partial charge in [-0.2, -0.15) is 15.2 Å². The number of hydroxylamine groups is 1. The molecule has 0 bridgehead atoms. The highest BCUT2D eigenvalue weighted by Gasteiger charge is 2.26. The molecule has 1 aliphatic carbocycles. The molecule has 1 saturated carbocycles. The Morgan fingerprint density at radius 1 is 1.26 bits per heavy atom. The second-order valence-corrected chi connectivity index (χ2v) is 7.48. The summed E-state index contributed by atoms with van der Waals surface area (Å²) in [5.41, 5.74) is 12.9. The van der Waals surface area contributed by atoms with E-state index in [0.717, 1.165) is 30.8 Å². The molecule has 1 amide bonds. The zero-order valence-corrected chi connectivity index (χ0v) is 16.7. The smallest absolute Gasteiger partial charge is 0.254 e. The first kappa shape index (κ1) is 20.9. The molecule has 2 heterocycles. The molecule has 1 fully saturated rings. The minimum atomic E-state index is -1.24. The topological polar surface area (TPSA) is 178 Å². The number of primary amides is 1. The Kier molecular flexibility index (Phi) is 5.95. The maximum atomic E-state index is 11.9. The lowest BCUT2D eigenvalue weighted by Crippen LogP contribution is -2.43. The summed E-state index contributed by atoms with van der Waals surface area (Å²) >= 11 is 0. The van der Waals surface area contributed by atoms with E-state index in [4.69, 9.17) is 11.5 Å². The van der Waals surface area contributed by atoms with Crippen LogP contribution in [-0.2, 0) is 0 Å². The molecule has 2 aromatic rings. The van der Waals surface area contributed by atoms with E-state index in [1.54, 1.807) is 24.3 Å². The normalized spacial score (nSPS) is 23.7. The number of aliphatic hydroxyl groups excluding tert-OH is 1. The van der Waals surface area contributed by atoms with Crippen molar-refractivity contribution < 1.29 is 15.1 Å². The number of aromatic nitrogens is 2. The van der Waals surface area contributed by atoms with Crippen molar-refractivity contribution in [2.45, 2.75) is 44.0 Å². The van der Waals surface area contributed by atoms with Crippen molar-refractivity contribution >= 4 is 35.3 Å².